The molecule has 4 rings (SSSR count). The van der Waals surface area contributed by atoms with Gasteiger partial charge in [0.1, 0.15) is 23.4 Å². The molecule has 26 heavy (non-hydrogen) atoms. The number of aromatic nitrogens is 3. The van der Waals surface area contributed by atoms with Gasteiger partial charge in [-0.25, -0.2) is 4.98 Å². The first-order valence-corrected chi connectivity index (χ1v) is 8.03. The smallest absolute Gasteiger partial charge is 0.248 e. The molecule has 0 aliphatic carbocycles. The average molecular weight is 342 g/mol. The molecule has 6 heteroatoms. The molecule has 126 valence electrons. The van der Waals surface area contributed by atoms with Crippen LogP contribution in [0.15, 0.2) is 65.7 Å². The molecule has 0 saturated heterocycles. The summed E-state index contributed by atoms with van der Waals surface area (Å²) in [4.78, 5) is 21.4. The molecule has 2 heterocycles. The molecule has 2 aromatic heterocycles. The minimum absolute atomic E-state index is 0.149. The fraction of sp³-hybridized carbons (Fsp3) is 0.0500. The fourth-order valence-electron chi connectivity index (χ4n) is 2.76. The summed E-state index contributed by atoms with van der Waals surface area (Å²) in [5.74, 6) is 1.92. The molecule has 0 saturated carbocycles. The largest absolute Gasteiger partial charge is 0.456 e. The summed E-state index contributed by atoms with van der Waals surface area (Å²) in [5, 5.41) is 10.2. The summed E-state index contributed by atoms with van der Waals surface area (Å²) < 4.78 is 5.95. The lowest BCUT2D eigenvalue weighted by Gasteiger charge is -2.10. The van der Waals surface area contributed by atoms with Gasteiger partial charge in [0, 0.05) is 35.8 Å². The first-order chi connectivity index (χ1) is 12.7. The number of hydrogen-bond acceptors (Lipinski definition) is 4. The minimum Gasteiger partial charge on any atom is -0.456 e. The Morgan fingerprint density at radius 1 is 1.12 bits per heavy atom. The maximum atomic E-state index is 11.4. The Morgan fingerprint density at radius 2 is 2.04 bits per heavy atom. The van der Waals surface area contributed by atoms with E-state index in [2.05, 4.69) is 21.0 Å². The molecule has 0 atom stereocenters. The van der Waals surface area contributed by atoms with E-state index in [0.717, 1.165) is 22.3 Å². The van der Waals surface area contributed by atoms with Gasteiger partial charge < -0.3 is 14.7 Å². The van der Waals surface area contributed by atoms with E-state index < -0.39 is 0 Å². The van der Waals surface area contributed by atoms with Crippen LogP contribution in [0.3, 0.4) is 0 Å². The number of nitrogens with one attached hydrogen (secondary N) is 2. The Balaban J connectivity index is 1.67. The first-order valence-electron chi connectivity index (χ1n) is 8.03. The van der Waals surface area contributed by atoms with Crippen molar-refractivity contribution < 1.29 is 4.74 Å². The van der Waals surface area contributed by atoms with Crippen molar-refractivity contribution in [2.45, 2.75) is 6.42 Å². The number of fused-ring (bicyclic) bond motifs is 1. The third kappa shape index (κ3) is 3.19. The Morgan fingerprint density at radius 3 is 2.85 bits per heavy atom. The molecular weight excluding hydrogens is 328 g/mol. The van der Waals surface area contributed by atoms with Crippen molar-refractivity contribution in [3.05, 3.63) is 88.2 Å². The Hall–Kier alpha value is -3.85. The number of H-pyrrole nitrogens is 2. The molecule has 0 unspecified atom stereocenters. The van der Waals surface area contributed by atoms with Crippen molar-refractivity contribution in [2.75, 3.05) is 0 Å². The normalized spacial score (nSPS) is 10.6. The van der Waals surface area contributed by atoms with Crippen molar-refractivity contribution in [2.24, 2.45) is 0 Å². The predicted molar refractivity (Wildman–Crippen MR) is 97.2 cm³/mol. The van der Waals surface area contributed by atoms with Crippen molar-refractivity contribution in [1.29, 1.82) is 5.26 Å². The van der Waals surface area contributed by atoms with Gasteiger partial charge in [-0.05, 0) is 42.0 Å². The number of nitriles is 1. The molecule has 6 nitrogen and oxygen atoms in total. The zero-order valence-electron chi connectivity index (χ0n) is 13.7. The van der Waals surface area contributed by atoms with Crippen molar-refractivity contribution in [1.82, 2.24) is 15.0 Å². The van der Waals surface area contributed by atoms with Crippen molar-refractivity contribution in [3.63, 3.8) is 0 Å². The van der Waals surface area contributed by atoms with Crippen LogP contribution < -0.4 is 10.3 Å². The summed E-state index contributed by atoms with van der Waals surface area (Å²) in [7, 11) is 0. The summed E-state index contributed by atoms with van der Waals surface area (Å²) in [6.45, 7) is 0. The molecule has 0 amide bonds. The Kier molecular flexibility index (Phi) is 3.96. The monoisotopic (exact) mass is 342 g/mol. The van der Waals surface area contributed by atoms with Gasteiger partial charge in [-0.2, -0.15) is 5.26 Å². The third-order valence-electron chi connectivity index (χ3n) is 4.02. The summed E-state index contributed by atoms with van der Waals surface area (Å²) in [5.41, 5.74) is 2.02. The van der Waals surface area contributed by atoms with Gasteiger partial charge in [0.05, 0.1) is 5.56 Å². The number of nitrogens with zero attached hydrogens (tertiary/aromatic N) is 2. The van der Waals surface area contributed by atoms with Gasteiger partial charge in [-0.15, -0.1) is 0 Å². The van der Waals surface area contributed by atoms with Crippen LogP contribution in [-0.4, -0.2) is 15.0 Å². The highest BCUT2D eigenvalue weighted by atomic mass is 16.5. The van der Waals surface area contributed by atoms with E-state index in [1.165, 1.54) is 6.07 Å². The first kappa shape index (κ1) is 15.7. The second-order valence-electron chi connectivity index (χ2n) is 5.83. The van der Waals surface area contributed by atoms with Crippen LogP contribution in [0.1, 0.15) is 17.0 Å². The van der Waals surface area contributed by atoms with Gasteiger partial charge in [0.25, 0.3) is 0 Å². The van der Waals surface area contributed by atoms with Crippen LogP contribution in [-0.2, 0) is 6.42 Å². The molecule has 2 aromatic carbocycles. The highest BCUT2D eigenvalue weighted by molar-refractivity contribution is 5.79. The molecule has 2 N–H and O–H groups in total. The van der Waals surface area contributed by atoms with E-state index in [9.17, 15) is 10.1 Å². The van der Waals surface area contributed by atoms with Gasteiger partial charge >= 0.3 is 0 Å². The Bertz CT molecular complexity index is 1170. The summed E-state index contributed by atoms with van der Waals surface area (Å²) in [6.07, 6.45) is 4.10. The van der Waals surface area contributed by atoms with Crippen molar-refractivity contribution >= 4 is 10.9 Å². The molecule has 0 radical (unpaired) electrons. The summed E-state index contributed by atoms with van der Waals surface area (Å²) >= 11 is 0. The van der Waals surface area contributed by atoms with Gasteiger partial charge in [-0.3, -0.25) is 4.79 Å². The highest BCUT2D eigenvalue weighted by Crippen LogP contribution is 2.28. The van der Waals surface area contributed by atoms with Crippen LogP contribution in [0.2, 0.25) is 0 Å². The molecule has 0 spiro atoms. The van der Waals surface area contributed by atoms with E-state index >= 15 is 0 Å². The van der Waals surface area contributed by atoms with Crippen LogP contribution in [0.5, 0.6) is 11.5 Å². The van der Waals surface area contributed by atoms with Gasteiger partial charge in [0.15, 0.2) is 0 Å². The second-order valence-corrected chi connectivity index (χ2v) is 5.83. The number of ether oxygens (including phenoxy) is 1. The third-order valence-corrected chi connectivity index (χ3v) is 4.02. The molecule has 4 aromatic rings. The van der Waals surface area contributed by atoms with Gasteiger partial charge in [-0.1, -0.05) is 6.07 Å². The topological polar surface area (TPSA) is 94.6 Å². The predicted octanol–water partition coefficient (Wildman–Crippen LogP) is 3.51. The quantitative estimate of drug-likeness (QED) is 0.593. The SMILES string of the molecule is N#Cc1ccc(Cc2ncc[nH]2)cc1Oc1ccc2[nH]c(=O)ccc2c1. The zero-order valence-corrected chi connectivity index (χ0v) is 13.7. The van der Waals surface area contributed by atoms with Crippen molar-refractivity contribution in [3.8, 4) is 17.6 Å². The van der Waals surface area contributed by atoms with Gasteiger partial charge in [0.2, 0.25) is 5.56 Å². The van der Waals surface area contributed by atoms with Crippen LogP contribution >= 0.6 is 0 Å². The fourth-order valence-corrected chi connectivity index (χ4v) is 2.76. The number of imidazole rings is 1. The number of aromatic amines is 2. The van der Waals surface area contributed by atoms with Crippen LogP contribution in [0.25, 0.3) is 10.9 Å². The second kappa shape index (κ2) is 6.57. The minimum atomic E-state index is -0.149. The standard InChI is InChI=1S/C20H14N4O2/c21-12-15-2-1-13(10-19-22-7-8-23-19)9-18(15)26-16-4-5-17-14(11-16)3-6-20(25)24-17/h1-9,11H,10H2,(H,22,23)(H,24,25). The molecular formula is C20H14N4O2. The molecule has 0 aliphatic rings. The number of hydrogen-bond donors (Lipinski definition) is 2. The lowest BCUT2D eigenvalue weighted by Crippen LogP contribution is -2.02. The lowest BCUT2D eigenvalue weighted by molar-refractivity contribution is 0.481. The van der Waals surface area contributed by atoms with E-state index in [4.69, 9.17) is 4.74 Å². The van der Waals surface area contributed by atoms with Crippen LogP contribution in [0, 0.1) is 11.3 Å². The Labute approximate surface area is 148 Å². The highest BCUT2D eigenvalue weighted by Gasteiger charge is 2.09. The number of rotatable bonds is 4. The van der Waals surface area contributed by atoms with E-state index in [1.54, 1.807) is 36.7 Å². The zero-order chi connectivity index (χ0) is 17.9. The molecule has 0 fully saturated rings. The molecule has 0 aliphatic heterocycles. The van der Waals surface area contributed by atoms with E-state index in [1.807, 2.05) is 18.2 Å². The maximum absolute atomic E-state index is 11.4. The number of benzene rings is 2. The molecule has 0 bridgehead atoms. The van der Waals surface area contributed by atoms with E-state index in [0.29, 0.717) is 23.5 Å². The van der Waals surface area contributed by atoms with E-state index in [-0.39, 0.29) is 5.56 Å². The number of pyridine rings is 1. The summed E-state index contributed by atoms with van der Waals surface area (Å²) in [6, 6.07) is 16.2. The average Bonchev–Trinajstić information content (AvgIpc) is 3.15. The maximum Gasteiger partial charge on any atom is 0.248 e. The lowest BCUT2D eigenvalue weighted by atomic mass is 10.1. The van der Waals surface area contributed by atoms with Crippen LogP contribution in [0.4, 0.5) is 0 Å².